The van der Waals surface area contributed by atoms with Gasteiger partial charge in [-0.3, -0.25) is 5.41 Å². The lowest BCUT2D eigenvalue weighted by molar-refractivity contribution is 0.532. The fourth-order valence-electron chi connectivity index (χ4n) is 1.98. The van der Waals surface area contributed by atoms with Crippen molar-refractivity contribution >= 4 is 45.5 Å². The molecule has 2 aromatic carbocycles. The minimum absolute atomic E-state index is 0.0418. The van der Waals surface area contributed by atoms with Crippen molar-refractivity contribution in [2.24, 2.45) is 0 Å². The van der Waals surface area contributed by atoms with Gasteiger partial charge in [0.05, 0.1) is 5.56 Å². The summed E-state index contributed by atoms with van der Waals surface area (Å²) in [4.78, 5) is 0.442. The van der Waals surface area contributed by atoms with Crippen molar-refractivity contribution in [2.45, 2.75) is 0 Å². The van der Waals surface area contributed by atoms with Gasteiger partial charge in [-0.2, -0.15) is 0 Å². The van der Waals surface area contributed by atoms with Crippen molar-refractivity contribution in [1.29, 1.82) is 5.41 Å². The molecule has 0 saturated heterocycles. The smallest absolute Gasteiger partial charge is 0.222 e. The van der Waals surface area contributed by atoms with Crippen LogP contribution in [-0.2, 0) is 0 Å². The van der Waals surface area contributed by atoms with Gasteiger partial charge in [-0.1, -0.05) is 42.0 Å². The summed E-state index contributed by atoms with van der Waals surface area (Å²) in [6.45, 7) is 0. The number of anilines is 1. The average Bonchev–Trinajstić information content (AvgIpc) is 2.49. The summed E-state index contributed by atoms with van der Waals surface area (Å²) >= 11 is 11.2. The lowest BCUT2D eigenvalue weighted by atomic mass is 10.2. The van der Waals surface area contributed by atoms with E-state index in [0.717, 1.165) is 11.1 Å². The molecule has 0 unspecified atom stereocenters. The van der Waals surface area contributed by atoms with Crippen LogP contribution in [0, 0.1) is 5.41 Å². The molecule has 5 heteroatoms. The summed E-state index contributed by atoms with van der Waals surface area (Å²) in [6.07, 6.45) is 0. The van der Waals surface area contributed by atoms with Gasteiger partial charge in [-0.05, 0) is 36.4 Å². The van der Waals surface area contributed by atoms with Crippen LogP contribution in [0.1, 0.15) is 5.56 Å². The molecule has 1 heterocycles. The van der Waals surface area contributed by atoms with E-state index in [9.17, 15) is 0 Å². The molecule has 21 heavy (non-hydrogen) atoms. The van der Waals surface area contributed by atoms with Crippen LogP contribution in [0.25, 0.3) is 11.0 Å². The molecule has 3 rings (SSSR count). The highest BCUT2D eigenvalue weighted by molar-refractivity contribution is 7.81. The summed E-state index contributed by atoms with van der Waals surface area (Å²) in [5, 5.41) is 12.6. The molecule has 3 aromatic rings. The molecule has 0 aliphatic carbocycles. The van der Waals surface area contributed by atoms with E-state index in [1.54, 1.807) is 12.1 Å². The Labute approximate surface area is 131 Å². The summed E-state index contributed by atoms with van der Waals surface area (Å²) in [5.41, 5.74) is 2.08. The number of thiocarbonyl (C=S) groups is 1. The Morgan fingerprint density at radius 1 is 1.10 bits per heavy atom. The topological polar surface area (TPSA) is 49.0 Å². The van der Waals surface area contributed by atoms with Crippen molar-refractivity contribution in [2.75, 3.05) is 5.32 Å². The molecule has 0 radical (unpaired) electrons. The second-order valence-corrected chi connectivity index (χ2v) is 5.33. The van der Waals surface area contributed by atoms with Crippen LogP contribution in [0.4, 0.5) is 5.69 Å². The molecular weight excluding hydrogens is 304 g/mol. The van der Waals surface area contributed by atoms with E-state index in [1.807, 2.05) is 42.5 Å². The molecule has 104 valence electrons. The monoisotopic (exact) mass is 314 g/mol. The van der Waals surface area contributed by atoms with Crippen LogP contribution in [0.5, 0.6) is 0 Å². The van der Waals surface area contributed by atoms with Crippen molar-refractivity contribution in [1.82, 2.24) is 0 Å². The summed E-state index contributed by atoms with van der Waals surface area (Å²) < 4.78 is 5.49. The van der Waals surface area contributed by atoms with E-state index >= 15 is 0 Å². The molecular formula is C16H11ClN2OS. The summed E-state index contributed by atoms with van der Waals surface area (Å²) in [5.74, 6) is 0. The Hall–Kier alpha value is -2.17. The van der Waals surface area contributed by atoms with E-state index in [2.05, 4.69) is 5.32 Å². The van der Waals surface area contributed by atoms with Gasteiger partial charge in [0.2, 0.25) is 5.55 Å². The van der Waals surface area contributed by atoms with Crippen LogP contribution < -0.4 is 10.9 Å². The first-order valence-corrected chi connectivity index (χ1v) is 7.06. The van der Waals surface area contributed by atoms with Crippen LogP contribution in [0.15, 0.2) is 59.0 Å². The van der Waals surface area contributed by atoms with Gasteiger partial charge in [-0.15, -0.1) is 0 Å². The summed E-state index contributed by atoms with van der Waals surface area (Å²) in [6, 6.07) is 16.6. The molecule has 0 aliphatic heterocycles. The highest BCUT2D eigenvalue weighted by atomic mass is 35.5. The van der Waals surface area contributed by atoms with Crippen LogP contribution in [0.3, 0.4) is 0 Å². The number of para-hydroxylation sites is 1. The average molecular weight is 315 g/mol. The number of hydrogen-bond donors (Lipinski definition) is 2. The lowest BCUT2D eigenvalue weighted by Crippen LogP contribution is -2.19. The van der Waals surface area contributed by atoms with Crippen LogP contribution >= 0.6 is 23.8 Å². The van der Waals surface area contributed by atoms with Gasteiger partial charge in [0.25, 0.3) is 0 Å². The maximum absolute atomic E-state index is 7.97. The molecule has 0 fully saturated rings. The first-order chi connectivity index (χ1) is 10.1. The quantitative estimate of drug-likeness (QED) is 0.691. The normalized spacial score (nSPS) is 10.5. The SMILES string of the molecule is N=c1oc2ccccc2cc1C(=S)Nc1ccc(Cl)cc1. The Morgan fingerprint density at radius 3 is 2.57 bits per heavy atom. The number of fused-ring (bicyclic) bond motifs is 1. The molecule has 0 saturated carbocycles. The largest absolute Gasteiger partial charge is 0.438 e. The van der Waals surface area contributed by atoms with E-state index in [0.29, 0.717) is 21.2 Å². The third-order valence-corrected chi connectivity index (χ3v) is 3.60. The predicted octanol–water partition coefficient (Wildman–Crippen LogP) is 4.35. The zero-order chi connectivity index (χ0) is 14.8. The van der Waals surface area contributed by atoms with Crippen molar-refractivity contribution in [3.8, 4) is 0 Å². The minimum atomic E-state index is 0.0418. The first-order valence-electron chi connectivity index (χ1n) is 6.28. The Bertz CT molecular complexity index is 871. The van der Waals surface area contributed by atoms with Gasteiger partial charge in [0, 0.05) is 16.1 Å². The zero-order valence-corrected chi connectivity index (χ0v) is 12.5. The van der Waals surface area contributed by atoms with Gasteiger partial charge < -0.3 is 9.73 Å². The van der Waals surface area contributed by atoms with E-state index in [1.165, 1.54) is 0 Å². The summed E-state index contributed by atoms with van der Waals surface area (Å²) in [7, 11) is 0. The van der Waals surface area contributed by atoms with Crippen LogP contribution in [0.2, 0.25) is 5.02 Å². The van der Waals surface area contributed by atoms with Crippen molar-refractivity contribution in [3.05, 3.63) is 70.7 Å². The zero-order valence-electron chi connectivity index (χ0n) is 10.9. The number of nitrogens with one attached hydrogen (secondary N) is 2. The maximum atomic E-state index is 7.97. The number of halogens is 1. The molecule has 0 bridgehead atoms. The molecule has 0 atom stereocenters. The molecule has 0 spiro atoms. The molecule has 1 aromatic heterocycles. The third kappa shape index (κ3) is 2.96. The van der Waals surface area contributed by atoms with Crippen molar-refractivity contribution in [3.63, 3.8) is 0 Å². The number of rotatable bonds is 2. The highest BCUT2D eigenvalue weighted by Crippen LogP contribution is 2.16. The van der Waals surface area contributed by atoms with Gasteiger partial charge in [-0.25, -0.2) is 0 Å². The van der Waals surface area contributed by atoms with E-state index < -0.39 is 0 Å². The molecule has 3 nitrogen and oxygen atoms in total. The maximum Gasteiger partial charge on any atom is 0.222 e. The Balaban J connectivity index is 1.95. The fourth-order valence-corrected chi connectivity index (χ4v) is 2.37. The minimum Gasteiger partial charge on any atom is -0.438 e. The number of hydrogen-bond acceptors (Lipinski definition) is 3. The van der Waals surface area contributed by atoms with Crippen LogP contribution in [-0.4, -0.2) is 4.99 Å². The molecule has 0 aliphatic rings. The standard InChI is InChI=1S/C16H11ClN2OS/c17-11-5-7-12(8-6-11)19-16(21)13-9-10-3-1-2-4-14(10)20-15(13)18/h1-9,18H,(H,19,21). The second kappa shape index (κ2) is 5.68. The van der Waals surface area contributed by atoms with Gasteiger partial charge >= 0.3 is 0 Å². The second-order valence-electron chi connectivity index (χ2n) is 4.49. The molecule has 0 amide bonds. The number of benzene rings is 2. The Kier molecular flexibility index (Phi) is 3.73. The van der Waals surface area contributed by atoms with Crippen molar-refractivity contribution < 1.29 is 4.42 Å². The predicted molar refractivity (Wildman–Crippen MR) is 88.8 cm³/mol. The van der Waals surface area contributed by atoms with E-state index in [4.69, 9.17) is 33.6 Å². The highest BCUT2D eigenvalue weighted by Gasteiger charge is 2.08. The molecule has 2 N–H and O–H groups in total. The lowest BCUT2D eigenvalue weighted by Gasteiger charge is -2.08. The van der Waals surface area contributed by atoms with Gasteiger partial charge in [0.15, 0.2) is 0 Å². The first kappa shape index (κ1) is 13.8. The van der Waals surface area contributed by atoms with E-state index in [-0.39, 0.29) is 5.55 Å². The fraction of sp³-hybridized carbons (Fsp3) is 0. The third-order valence-electron chi connectivity index (χ3n) is 3.02. The van der Waals surface area contributed by atoms with Gasteiger partial charge in [0.1, 0.15) is 10.6 Å². The Morgan fingerprint density at radius 2 is 1.81 bits per heavy atom.